The molecule has 77 heavy (non-hydrogen) atoms. The molecule has 12 rings (SSSR count). The minimum Gasteiger partial charge on any atom is -0.493 e. The van der Waals surface area contributed by atoms with Crippen molar-refractivity contribution in [2.75, 3.05) is 14.2 Å². The molecule has 0 unspecified atom stereocenters. The van der Waals surface area contributed by atoms with E-state index in [2.05, 4.69) is 4.98 Å². The zero-order valence-electron chi connectivity index (χ0n) is 40.9. The van der Waals surface area contributed by atoms with Crippen molar-refractivity contribution < 1.29 is 61.1 Å². The maximum atomic E-state index is 13.0. The Kier molecular flexibility index (Phi) is 15.1. The summed E-state index contributed by atoms with van der Waals surface area (Å²) >= 11 is 5.62. The number of allylic oxidation sites excluding steroid dienone is 2. The molecule has 2 aliphatic heterocycles. The van der Waals surface area contributed by atoms with Crippen LogP contribution in [0.3, 0.4) is 0 Å². The number of fused-ring (bicyclic) bond motifs is 5. The second-order valence-electron chi connectivity index (χ2n) is 17.3. The Morgan fingerprint density at radius 2 is 1.08 bits per heavy atom. The van der Waals surface area contributed by atoms with Crippen LogP contribution in [0.5, 0.6) is 11.5 Å². The highest BCUT2D eigenvalue weighted by Crippen LogP contribution is 2.33. The van der Waals surface area contributed by atoms with Crippen LogP contribution >= 0.6 is 11.6 Å². The molecule has 18 heteroatoms. The molecule has 0 atom stereocenters. The Labute approximate surface area is 443 Å². The molecule has 0 saturated heterocycles. The summed E-state index contributed by atoms with van der Waals surface area (Å²) in [7, 11) is 3.11. The van der Waals surface area contributed by atoms with Crippen LogP contribution in [0, 0.1) is 5.82 Å². The van der Waals surface area contributed by atoms with Crippen molar-refractivity contribution in [2.45, 2.75) is 25.9 Å². The van der Waals surface area contributed by atoms with Crippen molar-refractivity contribution in [2.24, 2.45) is 5.73 Å². The first-order valence-electron chi connectivity index (χ1n) is 23.5. The molecule has 0 saturated carbocycles. The van der Waals surface area contributed by atoms with E-state index >= 15 is 0 Å². The van der Waals surface area contributed by atoms with Gasteiger partial charge < -0.3 is 24.0 Å². The van der Waals surface area contributed by atoms with Crippen molar-refractivity contribution in [3.8, 4) is 23.0 Å². The number of oxazole rings is 1. The SMILES string of the molecule is COc1ccc(CN2C(=O)Cc3ccccc3C2=O)cc1OC.NC1=C(Cl)C(=O)c2ccccc2C1=O.O=C1Cc2ccccc2C(=O)N1Cc1ccco1.O=C1c2ccccc2C(=O)c2oc(-c3ccc(F)cc3)nc21. The number of aromatic nitrogens is 1. The zero-order valence-corrected chi connectivity index (χ0v) is 41.7. The van der Waals surface area contributed by atoms with Crippen LogP contribution in [0.2, 0.25) is 0 Å². The second-order valence-corrected chi connectivity index (χ2v) is 17.7. The summed E-state index contributed by atoms with van der Waals surface area (Å²) in [6.45, 7) is 0.408. The number of methoxy groups -OCH3 is 2. The predicted molar refractivity (Wildman–Crippen MR) is 276 cm³/mol. The summed E-state index contributed by atoms with van der Waals surface area (Å²) in [6, 6.07) is 41.8. The summed E-state index contributed by atoms with van der Waals surface area (Å²) < 4.78 is 34.1. The molecule has 2 aromatic heterocycles. The average molecular weight is 1050 g/mol. The molecule has 8 aromatic rings. The number of ketones is 4. The Morgan fingerprint density at radius 1 is 0.571 bits per heavy atom. The number of benzene rings is 6. The van der Waals surface area contributed by atoms with Gasteiger partial charge in [-0.3, -0.25) is 48.2 Å². The van der Waals surface area contributed by atoms with Crippen molar-refractivity contribution >= 4 is 58.4 Å². The van der Waals surface area contributed by atoms with Crippen LogP contribution in [0.15, 0.2) is 177 Å². The molecule has 4 amide bonds. The van der Waals surface area contributed by atoms with Crippen LogP contribution in [-0.2, 0) is 35.5 Å². The number of carbonyl (C=O) groups excluding carboxylic acids is 8. The van der Waals surface area contributed by atoms with E-state index in [1.165, 1.54) is 40.3 Å². The fraction of sp³-hybridized carbons (Fsp3) is 0.102. The summed E-state index contributed by atoms with van der Waals surface area (Å²) in [6.07, 6.45) is 2.04. The lowest BCUT2D eigenvalue weighted by molar-refractivity contribution is -0.129. The minimum atomic E-state index is -0.389. The third kappa shape index (κ3) is 10.6. The van der Waals surface area contributed by atoms with Crippen molar-refractivity contribution in [1.82, 2.24) is 14.8 Å². The van der Waals surface area contributed by atoms with E-state index in [1.54, 1.807) is 111 Å². The maximum Gasteiger partial charge on any atom is 0.261 e. The van der Waals surface area contributed by atoms with Gasteiger partial charge in [0.05, 0.1) is 46.4 Å². The summed E-state index contributed by atoms with van der Waals surface area (Å²) in [5.41, 5.74) is 10.6. The van der Waals surface area contributed by atoms with Gasteiger partial charge in [-0.25, -0.2) is 9.37 Å². The van der Waals surface area contributed by atoms with Crippen molar-refractivity contribution in [3.05, 3.63) is 242 Å². The number of halogens is 2. The summed E-state index contributed by atoms with van der Waals surface area (Å²) in [5, 5.41) is -0.186. The largest absolute Gasteiger partial charge is 0.493 e. The molecular weight excluding hydrogens is 1010 g/mol. The molecule has 0 spiro atoms. The molecule has 0 fully saturated rings. The summed E-state index contributed by atoms with van der Waals surface area (Å²) in [4.78, 5) is 104. The van der Waals surface area contributed by atoms with Gasteiger partial charge in [-0.15, -0.1) is 0 Å². The number of hydrogen-bond donors (Lipinski definition) is 1. The van der Waals surface area contributed by atoms with E-state index in [1.807, 2.05) is 30.3 Å². The second kappa shape index (κ2) is 22.3. The Hall–Kier alpha value is -9.87. The van der Waals surface area contributed by atoms with E-state index in [9.17, 15) is 42.7 Å². The lowest BCUT2D eigenvalue weighted by Crippen LogP contribution is -2.41. The number of furan rings is 1. The fourth-order valence-electron chi connectivity index (χ4n) is 8.68. The van der Waals surface area contributed by atoms with Gasteiger partial charge in [0.25, 0.3) is 11.8 Å². The number of imide groups is 2. The van der Waals surface area contributed by atoms with E-state index in [-0.39, 0.29) is 107 Å². The van der Waals surface area contributed by atoms with Crippen molar-refractivity contribution in [1.29, 1.82) is 0 Å². The van der Waals surface area contributed by atoms with Gasteiger partial charge in [0.15, 0.2) is 17.2 Å². The normalized spacial score (nSPS) is 14.1. The smallest absolute Gasteiger partial charge is 0.261 e. The molecule has 0 radical (unpaired) electrons. The Morgan fingerprint density at radius 3 is 1.62 bits per heavy atom. The molecule has 384 valence electrons. The van der Waals surface area contributed by atoms with Crippen LogP contribution in [-0.4, -0.2) is 75.8 Å². The molecule has 2 N–H and O–H groups in total. The minimum absolute atomic E-state index is 0.00280. The number of ether oxygens (including phenoxy) is 2. The van der Waals surface area contributed by atoms with E-state index < -0.39 is 0 Å². The van der Waals surface area contributed by atoms with E-state index in [4.69, 9.17) is 35.6 Å². The van der Waals surface area contributed by atoms with Gasteiger partial charge >= 0.3 is 0 Å². The monoisotopic (exact) mass is 1050 g/mol. The third-order valence-corrected chi connectivity index (χ3v) is 13.0. The lowest BCUT2D eigenvalue weighted by Gasteiger charge is -2.27. The van der Waals surface area contributed by atoms with Crippen LogP contribution in [0.25, 0.3) is 11.5 Å². The standard InChI is InChI=1S/C18H17NO4.C17H8FNO3.C14H11NO3.C10H6ClNO2/c1-22-15-8-7-12(9-16(15)23-2)11-19-17(20)10-13-5-3-4-6-14(13)18(19)21;18-10-7-5-9(6-8-10)17-19-13-14(20)11-3-1-2-4-12(11)15(21)16(13)22-17;16-13-8-10-4-1-2-6-12(10)14(17)15(13)9-11-5-3-7-18-11;11-7-8(12)10(14)6-4-2-1-3-5(6)9(7)13/h3-9H,10-11H2,1-2H3;1-8H;1-7H,8-9H2;1-4H,12H2. The molecule has 2 aliphatic carbocycles. The quantitative estimate of drug-likeness (QED) is 0.147. The number of amides is 4. The number of Topliss-reactive ketones (excluding diaryl/α,β-unsaturated/α-hetero) is 2. The van der Waals surface area contributed by atoms with Gasteiger partial charge in [-0.2, -0.15) is 0 Å². The molecule has 16 nitrogen and oxygen atoms in total. The lowest BCUT2D eigenvalue weighted by atomic mass is 9.91. The third-order valence-electron chi connectivity index (χ3n) is 12.6. The topological polar surface area (TPSA) is 227 Å². The van der Waals surface area contributed by atoms with Gasteiger partial charge in [0.1, 0.15) is 22.3 Å². The Bertz CT molecular complexity index is 3640. The number of carbonyl (C=O) groups is 8. The molecule has 4 heterocycles. The Balaban J connectivity index is 0.000000127. The number of rotatable bonds is 7. The fourth-order valence-corrected chi connectivity index (χ4v) is 8.87. The van der Waals surface area contributed by atoms with Crippen LogP contribution < -0.4 is 15.2 Å². The average Bonchev–Trinajstić information content (AvgIpc) is 4.16. The first kappa shape index (κ1) is 52.0. The van der Waals surface area contributed by atoms with E-state index in [0.29, 0.717) is 56.2 Å². The molecule has 6 aromatic carbocycles. The van der Waals surface area contributed by atoms with Gasteiger partial charge in [-0.05, 0) is 77.4 Å². The molecule has 4 aliphatic rings. The number of nitrogens with two attached hydrogens (primary N) is 1. The van der Waals surface area contributed by atoms with Gasteiger partial charge in [-0.1, -0.05) is 103 Å². The van der Waals surface area contributed by atoms with Crippen molar-refractivity contribution in [3.63, 3.8) is 0 Å². The predicted octanol–water partition coefficient (Wildman–Crippen LogP) is 9.16. The molecular formula is C59H42ClFN4O12. The number of nitrogens with zero attached hydrogens (tertiary/aromatic N) is 3. The molecule has 0 bridgehead atoms. The van der Waals surface area contributed by atoms with Crippen LogP contribution in [0.4, 0.5) is 4.39 Å². The first-order valence-corrected chi connectivity index (χ1v) is 23.9. The van der Waals surface area contributed by atoms with Gasteiger partial charge in [0, 0.05) is 38.9 Å². The highest BCUT2D eigenvalue weighted by Gasteiger charge is 2.36. The first-order chi connectivity index (χ1) is 37.2. The zero-order chi connectivity index (χ0) is 54.5. The maximum absolute atomic E-state index is 13.0. The highest BCUT2D eigenvalue weighted by atomic mass is 35.5. The van der Waals surface area contributed by atoms with E-state index in [0.717, 1.165) is 16.7 Å². The number of hydrogen-bond acceptors (Lipinski definition) is 14. The van der Waals surface area contributed by atoms with Crippen LogP contribution in [0.1, 0.15) is 96.1 Å². The van der Waals surface area contributed by atoms with Gasteiger partial charge in [0.2, 0.25) is 46.6 Å². The highest BCUT2D eigenvalue weighted by molar-refractivity contribution is 6.49. The summed E-state index contributed by atoms with van der Waals surface area (Å²) in [5.74, 6) is -0.917.